The van der Waals surface area contributed by atoms with E-state index in [2.05, 4.69) is 20.7 Å². The molecule has 0 saturated heterocycles. The summed E-state index contributed by atoms with van der Waals surface area (Å²) < 4.78 is 26.2. The Bertz CT molecular complexity index is 445. The van der Waals surface area contributed by atoms with Gasteiger partial charge in [0.2, 0.25) is 10.0 Å². The van der Waals surface area contributed by atoms with Crippen molar-refractivity contribution in [2.45, 2.75) is 18.4 Å². The van der Waals surface area contributed by atoms with E-state index in [-0.39, 0.29) is 11.5 Å². The Morgan fingerprint density at radius 1 is 1.47 bits per heavy atom. The SMILES string of the molecule is CCNS(=O)(=O)c1ccc(CO)c(Br)c1. The van der Waals surface area contributed by atoms with Crippen LogP contribution in [-0.4, -0.2) is 20.1 Å². The topological polar surface area (TPSA) is 66.4 Å². The highest BCUT2D eigenvalue weighted by molar-refractivity contribution is 9.10. The summed E-state index contributed by atoms with van der Waals surface area (Å²) in [6.45, 7) is 1.94. The van der Waals surface area contributed by atoms with Gasteiger partial charge in [-0.15, -0.1) is 0 Å². The predicted molar refractivity (Wildman–Crippen MR) is 60.9 cm³/mol. The molecule has 0 heterocycles. The van der Waals surface area contributed by atoms with Gasteiger partial charge in [-0.05, 0) is 17.7 Å². The van der Waals surface area contributed by atoms with Gasteiger partial charge in [-0.2, -0.15) is 0 Å². The summed E-state index contributed by atoms with van der Waals surface area (Å²) >= 11 is 3.20. The van der Waals surface area contributed by atoms with Crippen molar-refractivity contribution in [2.75, 3.05) is 6.54 Å². The van der Waals surface area contributed by atoms with Crippen molar-refractivity contribution >= 4 is 26.0 Å². The standard InChI is InChI=1S/C9H12BrNO3S/c1-2-11-15(13,14)8-4-3-7(6-12)9(10)5-8/h3-5,11-12H,2,6H2,1H3. The van der Waals surface area contributed by atoms with E-state index in [1.165, 1.54) is 12.1 Å². The van der Waals surface area contributed by atoms with Crippen molar-refractivity contribution in [3.63, 3.8) is 0 Å². The van der Waals surface area contributed by atoms with E-state index in [0.717, 1.165) is 0 Å². The second kappa shape index (κ2) is 5.07. The second-order valence-corrected chi connectivity index (χ2v) is 5.53. The molecule has 0 atom stereocenters. The Labute approximate surface area is 97.5 Å². The number of rotatable bonds is 4. The molecule has 0 aromatic heterocycles. The van der Waals surface area contributed by atoms with Crippen molar-refractivity contribution < 1.29 is 13.5 Å². The summed E-state index contributed by atoms with van der Waals surface area (Å²) in [6, 6.07) is 4.52. The highest BCUT2D eigenvalue weighted by Gasteiger charge is 2.13. The lowest BCUT2D eigenvalue weighted by Gasteiger charge is -2.06. The molecule has 0 fully saturated rings. The highest BCUT2D eigenvalue weighted by atomic mass is 79.9. The molecule has 0 radical (unpaired) electrons. The van der Waals surface area contributed by atoms with Gasteiger partial charge in [0.05, 0.1) is 11.5 Å². The molecule has 0 saturated carbocycles. The molecule has 2 N–H and O–H groups in total. The van der Waals surface area contributed by atoms with Crippen LogP contribution in [0.5, 0.6) is 0 Å². The van der Waals surface area contributed by atoms with E-state index >= 15 is 0 Å². The maximum Gasteiger partial charge on any atom is 0.240 e. The van der Waals surface area contributed by atoms with Gasteiger partial charge in [-0.1, -0.05) is 28.9 Å². The fraction of sp³-hybridized carbons (Fsp3) is 0.333. The molecule has 84 valence electrons. The first-order valence-corrected chi connectivity index (χ1v) is 6.68. The van der Waals surface area contributed by atoms with Gasteiger partial charge in [-0.3, -0.25) is 0 Å². The zero-order valence-corrected chi connectivity index (χ0v) is 10.6. The zero-order chi connectivity index (χ0) is 11.5. The van der Waals surface area contributed by atoms with E-state index in [1.54, 1.807) is 13.0 Å². The quantitative estimate of drug-likeness (QED) is 0.878. The van der Waals surface area contributed by atoms with Crippen molar-refractivity contribution in [2.24, 2.45) is 0 Å². The minimum absolute atomic E-state index is 0.123. The second-order valence-electron chi connectivity index (χ2n) is 2.91. The average Bonchev–Trinajstić information content (AvgIpc) is 2.17. The van der Waals surface area contributed by atoms with Gasteiger partial charge in [-0.25, -0.2) is 13.1 Å². The number of hydrogen-bond donors (Lipinski definition) is 2. The zero-order valence-electron chi connectivity index (χ0n) is 8.20. The molecule has 0 aliphatic rings. The van der Waals surface area contributed by atoms with Crippen LogP contribution >= 0.6 is 15.9 Å². The normalized spacial score (nSPS) is 11.7. The van der Waals surface area contributed by atoms with Crippen molar-refractivity contribution in [1.82, 2.24) is 4.72 Å². The van der Waals surface area contributed by atoms with Crippen LogP contribution in [0.25, 0.3) is 0 Å². The first-order chi connectivity index (χ1) is 7.01. The smallest absolute Gasteiger partial charge is 0.240 e. The first-order valence-electron chi connectivity index (χ1n) is 4.40. The van der Waals surface area contributed by atoms with Crippen LogP contribution in [0.2, 0.25) is 0 Å². The van der Waals surface area contributed by atoms with Gasteiger partial charge in [0, 0.05) is 11.0 Å². The third kappa shape index (κ3) is 3.01. The lowest BCUT2D eigenvalue weighted by molar-refractivity contribution is 0.281. The molecule has 15 heavy (non-hydrogen) atoms. The molecule has 0 aliphatic carbocycles. The predicted octanol–water partition coefficient (Wildman–Crippen LogP) is 1.24. The van der Waals surface area contributed by atoms with Crippen LogP contribution in [0.4, 0.5) is 0 Å². The van der Waals surface area contributed by atoms with Crippen molar-refractivity contribution in [3.8, 4) is 0 Å². The van der Waals surface area contributed by atoms with Gasteiger partial charge in [0.15, 0.2) is 0 Å². The molecule has 1 aromatic carbocycles. The Hall–Kier alpha value is -0.430. The summed E-state index contributed by atoms with van der Waals surface area (Å²) in [5, 5.41) is 8.92. The van der Waals surface area contributed by atoms with Gasteiger partial charge in [0.1, 0.15) is 0 Å². The van der Waals surface area contributed by atoms with Crippen LogP contribution in [0.1, 0.15) is 12.5 Å². The maximum atomic E-state index is 11.6. The number of aliphatic hydroxyl groups excluding tert-OH is 1. The minimum Gasteiger partial charge on any atom is -0.392 e. The van der Waals surface area contributed by atoms with E-state index < -0.39 is 10.0 Å². The Balaban J connectivity index is 3.13. The highest BCUT2D eigenvalue weighted by Crippen LogP contribution is 2.21. The lowest BCUT2D eigenvalue weighted by atomic mass is 10.2. The Kier molecular flexibility index (Phi) is 4.27. The molecule has 0 bridgehead atoms. The molecule has 1 aromatic rings. The van der Waals surface area contributed by atoms with Gasteiger partial charge < -0.3 is 5.11 Å². The van der Waals surface area contributed by atoms with Crippen molar-refractivity contribution in [3.05, 3.63) is 28.2 Å². The third-order valence-electron chi connectivity index (χ3n) is 1.84. The molecule has 4 nitrogen and oxygen atoms in total. The Morgan fingerprint density at radius 2 is 2.13 bits per heavy atom. The van der Waals surface area contributed by atoms with Crippen LogP contribution < -0.4 is 4.72 Å². The molecule has 0 spiro atoms. The summed E-state index contributed by atoms with van der Waals surface area (Å²) in [4.78, 5) is 0.188. The van der Waals surface area contributed by atoms with E-state index in [0.29, 0.717) is 16.6 Å². The summed E-state index contributed by atoms with van der Waals surface area (Å²) in [6.07, 6.45) is 0. The molecule has 6 heteroatoms. The van der Waals surface area contributed by atoms with Gasteiger partial charge in [0.25, 0.3) is 0 Å². The monoisotopic (exact) mass is 293 g/mol. The van der Waals surface area contributed by atoms with Crippen LogP contribution in [0.15, 0.2) is 27.6 Å². The number of sulfonamides is 1. The fourth-order valence-corrected chi connectivity index (χ4v) is 2.82. The number of nitrogens with one attached hydrogen (secondary N) is 1. The molecule has 0 amide bonds. The number of hydrogen-bond acceptors (Lipinski definition) is 3. The Morgan fingerprint density at radius 3 is 2.60 bits per heavy atom. The van der Waals surface area contributed by atoms with E-state index in [9.17, 15) is 8.42 Å². The third-order valence-corrected chi connectivity index (χ3v) is 4.12. The molecule has 0 unspecified atom stereocenters. The number of halogens is 1. The number of aliphatic hydroxyl groups is 1. The summed E-state index contributed by atoms with van der Waals surface area (Å²) in [5.41, 5.74) is 0.658. The molecule has 1 rings (SSSR count). The lowest BCUT2D eigenvalue weighted by Crippen LogP contribution is -2.23. The van der Waals surface area contributed by atoms with Crippen LogP contribution in [0.3, 0.4) is 0 Å². The summed E-state index contributed by atoms with van der Waals surface area (Å²) in [7, 11) is -3.42. The van der Waals surface area contributed by atoms with Gasteiger partial charge >= 0.3 is 0 Å². The van der Waals surface area contributed by atoms with E-state index in [4.69, 9.17) is 5.11 Å². The average molecular weight is 294 g/mol. The molecular formula is C9H12BrNO3S. The van der Waals surface area contributed by atoms with Crippen LogP contribution in [-0.2, 0) is 16.6 Å². The first kappa shape index (κ1) is 12.6. The largest absolute Gasteiger partial charge is 0.392 e. The minimum atomic E-state index is -3.42. The van der Waals surface area contributed by atoms with Crippen LogP contribution in [0, 0.1) is 0 Å². The fourth-order valence-electron chi connectivity index (χ4n) is 1.10. The summed E-state index contributed by atoms with van der Waals surface area (Å²) in [5.74, 6) is 0. The van der Waals surface area contributed by atoms with E-state index in [1.807, 2.05) is 0 Å². The number of benzene rings is 1. The maximum absolute atomic E-state index is 11.6. The molecule has 0 aliphatic heterocycles. The molecular weight excluding hydrogens is 282 g/mol. The van der Waals surface area contributed by atoms with Crippen molar-refractivity contribution in [1.29, 1.82) is 0 Å².